The molecule has 1 heterocycles. The Bertz CT molecular complexity index is 321. The molecule has 0 saturated heterocycles. The number of aliphatic hydroxyl groups is 1. The molecule has 1 N–H and O–H groups in total. The van der Waals surface area contributed by atoms with E-state index in [4.69, 9.17) is 5.11 Å². The van der Waals surface area contributed by atoms with Crippen molar-refractivity contribution in [2.75, 3.05) is 6.61 Å². The van der Waals surface area contributed by atoms with Crippen LogP contribution in [0, 0.1) is 5.92 Å². The Kier molecular flexibility index (Phi) is 2.44. The molecule has 1 aliphatic rings. The molecule has 1 nitrogen and oxygen atoms in total. The lowest BCUT2D eigenvalue weighted by Crippen LogP contribution is -2.07. The molecule has 0 radical (unpaired) electrons. The van der Waals surface area contributed by atoms with Crippen LogP contribution >= 0.6 is 11.3 Å². The van der Waals surface area contributed by atoms with E-state index in [2.05, 4.69) is 32.9 Å². The van der Waals surface area contributed by atoms with Gasteiger partial charge < -0.3 is 5.11 Å². The summed E-state index contributed by atoms with van der Waals surface area (Å²) in [6.45, 7) is 7.10. The Morgan fingerprint density at radius 2 is 2.14 bits per heavy atom. The van der Waals surface area contributed by atoms with Crippen molar-refractivity contribution < 1.29 is 5.11 Å². The fourth-order valence-corrected chi connectivity index (χ4v) is 3.03. The van der Waals surface area contributed by atoms with Gasteiger partial charge in [0.2, 0.25) is 0 Å². The summed E-state index contributed by atoms with van der Waals surface area (Å²) in [5.74, 6) is 1.20. The van der Waals surface area contributed by atoms with Gasteiger partial charge in [0.1, 0.15) is 0 Å². The van der Waals surface area contributed by atoms with Crippen LogP contribution in [0.1, 0.15) is 42.9 Å². The summed E-state index contributed by atoms with van der Waals surface area (Å²) in [5.41, 5.74) is 0.270. The molecule has 0 aliphatic heterocycles. The van der Waals surface area contributed by atoms with Gasteiger partial charge in [0, 0.05) is 16.4 Å². The van der Waals surface area contributed by atoms with E-state index in [0.717, 1.165) is 0 Å². The molecule has 0 aromatic carbocycles. The zero-order chi connectivity index (χ0) is 10.3. The van der Waals surface area contributed by atoms with Crippen LogP contribution in [0.4, 0.5) is 0 Å². The van der Waals surface area contributed by atoms with Gasteiger partial charge in [0.15, 0.2) is 0 Å². The van der Waals surface area contributed by atoms with E-state index in [0.29, 0.717) is 18.4 Å². The molecular weight excluding hydrogens is 192 g/mol. The average molecular weight is 210 g/mol. The second kappa shape index (κ2) is 3.35. The van der Waals surface area contributed by atoms with E-state index in [-0.39, 0.29) is 5.41 Å². The smallest absolute Gasteiger partial charge is 0.0465 e. The minimum Gasteiger partial charge on any atom is -0.396 e. The fourth-order valence-electron chi connectivity index (χ4n) is 1.75. The van der Waals surface area contributed by atoms with E-state index in [9.17, 15) is 0 Å². The van der Waals surface area contributed by atoms with Crippen LogP contribution in [-0.2, 0) is 5.41 Å². The van der Waals surface area contributed by atoms with E-state index in [1.807, 2.05) is 11.3 Å². The van der Waals surface area contributed by atoms with Gasteiger partial charge in [-0.25, -0.2) is 0 Å². The number of hydrogen-bond acceptors (Lipinski definition) is 2. The van der Waals surface area contributed by atoms with Gasteiger partial charge in [-0.2, -0.15) is 0 Å². The minimum atomic E-state index is 0.270. The Balaban J connectivity index is 2.12. The van der Waals surface area contributed by atoms with Crippen molar-refractivity contribution >= 4 is 11.3 Å². The molecule has 1 aliphatic carbocycles. The second-order valence-corrected chi connectivity index (χ2v) is 6.35. The van der Waals surface area contributed by atoms with Crippen LogP contribution in [-0.4, -0.2) is 11.7 Å². The predicted octanol–water partition coefficient (Wildman–Crippen LogP) is 3.14. The molecule has 78 valence electrons. The largest absolute Gasteiger partial charge is 0.396 e. The van der Waals surface area contributed by atoms with E-state index in [1.165, 1.54) is 16.2 Å². The fraction of sp³-hybridized carbons (Fsp3) is 0.667. The summed E-state index contributed by atoms with van der Waals surface area (Å²) >= 11 is 1.92. The van der Waals surface area contributed by atoms with Gasteiger partial charge in [-0.1, -0.05) is 20.8 Å². The monoisotopic (exact) mass is 210 g/mol. The number of aliphatic hydroxyl groups excluding tert-OH is 1. The van der Waals surface area contributed by atoms with E-state index >= 15 is 0 Å². The van der Waals surface area contributed by atoms with Gasteiger partial charge in [-0.05, 0) is 35.8 Å². The zero-order valence-electron chi connectivity index (χ0n) is 9.08. The Hall–Kier alpha value is -0.340. The standard InChI is InChI=1S/C12H18OS/c1-12(2,3)11-5-4-10(14-11)9-6-8(9)7-13/h4-5,8-9,13H,6-7H2,1-3H3. The lowest BCUT2D eigenvalue weighted by molar-refractivity contribution is 0.274. The summed E-state index contributed by atoms with van der Waals surface area (Å²) in [6.07, 6.45) is 1.18. The molecular formula is C12H18OS. The SMILES string of the molecule is CC(C)(C)c1ccc(C2CC2CO)s1. The zero-order valence-corrected chi connectivity index (χ0v) is 9.90. The Labute approximate surface area is 89.8 Å². The molecule has 2 rings (SSSR count). The van der Waals surface area contributed by atoms with Crippen molar-refractivity contribution in [3.63, 3.8) is 0 Å². The lowest BCUT2D eigenvalue weighted by Gasteiger charge is -2.15. The Morgan fingerprint density at radius 1 is 1.43 bits per heavy atom. The van der Waals surface area contributed by atoms with Crippen LogP contribution in [0.15, 0.2) is 12.1 Å². The highest BCUT2D eigenvalue weighted by Crippen LogP contribution is 2.50. The van der Waals surface area contributed by atoms with Crippen LogP contribution in [0.5, 0.6) is 0 Å². The quantitative estimate of drug-likeness (QED) is 0.795. The number of rotatable bonds is 2. The average Bonchev–Trinajstić information content (AvgIpc) is 2.71. The maximum Gasteiger partial charge on any atom is 0.0465 e. The Morgan fingerprint density at radius 3 is 2.57 bits per heavy atom. The normalized spacial score (nSPS) is 26.6. The topological polar surface area (TPSA) is 20.2 Å². The third-order valence-electron chi connectivity index (χ3n) is 2.89. The highest BCUT2D eigenvalue weighted by Gasteiger charge is 2.38. The second-order valence-electron chi connectivity index (χ2n) is 5.24. The molecule has 0 bridgehead atoms. The molecule has 1 fully saturated rings. The molecule has 1 aromatic rings. The van der Waals surface area contributed by atoms with Gasteiger partial charge in [0.05, 0.1) is 0 Å². The maximum atomic E-state index is 9.01. The van der Waals surface area contributed by atoms with Crippen molar-refractivity contribution in [1.29, 1.82) is 0 Å². The molecule has 1 saturated carbocycles. The maximum absolute atomic E-state index is 9.01. The van der Waals surface area contributed by atoms with Crippen LogP contribution in [0.25, 0.3) is 0 Å². The molecule has 2 heteroatoms. The first-order valence-electron chi connectivity index (χ1n) is 5.23. The van der Waals surface area contributed by atoms with Gasteiger partial charge in [0.25, 0.3) is 0 Å². The van der Waals surface area contributed by atoms with Crippen LogP contribution in [0.2, 0.25) is 0 Å². The molecule has 0 amide bonds. The van der Waals surface area contributed by atoms with Crippen molar-refractivity contribution in [2.45, 2.75) is 38.5 Å². The van der Waals surface area contributed by atoms with Gasteiger partial charge in [-0.15, -0.1) is 11.3 Å². The molecule has 14 heavy (non-hydrogen) atoms. The molecule has 0 spiro atoms. The molecule has 2 atom stereocenters. The first kappa shape index (κ1) is 10.2. The van der Waals surface area contributed by atoms with Crippen molar-refractivity contribution in [3.05, 3.63) is 21.9 Å². The summed E-state index contributed by atoms with van der Waals surface area (Å²) < 4.78 is 0. The summed E-state index contributed by atoms with van der Waals surface area (Å²) in [5, 5.41) is 9.01. The van der Waals surface area contributed by atoms with E-state index in [1.54, 1.807) is 0 Å². The van der Waals surface area contributed by atoms with Crippen LogP contribution < -0.4 is 0 Å². The van der Waals surface area contributed by atoms with Crippen molar-refractivity contribution in [2.24, 2.45) is 5.92 Å². The van der Waals surface area contributed by atoms with Crippen molar-refractivity contribution in [1.82, 2.24) is 0 Å². The first-order valence-corrected chi connectivity index (χ1v) is 6.05. The predicted molar refractivity (Wildman–Crippen MR) is 61.0 cm³/mol. The lowest BCUT2D eigenvalue weighted by atomic mass is 9.95. The summed E-state index contributed by atoms with van der Waals surface area (Å²) in [7, 11) is 0. The van der Waals surface area contributed by atoms with E-state index < -0.39 is 0 Å². The number of thiophene rings is 1. The van der Waals surface area contributed by atoms with Crippen LogP contribution in [0.3, 0.4) is 0 Å². The third kappa shape index (κ3) is 1.86. The van der Waals surface area contributed by atoms with Crippen molar-refractivity contribution in [3.8, 4) is 0 Å². The summed E-state index contributed by atoms with van der Waals surface area (Å²) in [4.78, 5) is 2.92. The molecule has 1 aromatic heterocycles. The third-order valence-corrected chi connectivity index (χ3v) is 4.53. The first-order chi connectivity index (χ1) is 6.52. The highest BCUT2D eigenvalue weighted by molar-refractivity contribution is 7.12. The summed E-state index contributed by atoms with van der Waals surface area (Å²) in [6, 6.07) is 4.48. The highest BCUT2D eigenvalue weighted by atomic mass is 32.1. The minimum absolute atomic E-state index is 0.270. The van der Waals surface area contributed by atoms with Gasteiger partial charge >= 0.3 is 0 Å². The molecule has 2 unspecified atom stereocenters. The number of hydrogen-bond donors (Lipinski definition) is 1. The van der Waals surface area contributed by atoms with Gasteiger partial charge in [-0.3, -0.25) is 0 Å².